The van der Waals surface area contributed by atoms with Crippen molar-refractivity contribution in [1.82, 2.24) is 0 Å². The minimum Gasteiger partial charge on any atom is -0.543 e. The maximum absolute atomic E-state index is 12.1. The van der Waals surface area contributed by atoms with E-state index in [4.69, 9.17) is 4.43 Å². The fourth-order valence-electron chi connectivity index (χ4n) is 1.93. The number of carbonyl (C=O) groups is 1. The Morgan fingerprint density at radius 3 is 2.33 bits per heavy atom. The van der Waals surface area contributed by atoms with Gasteiger partial charge < -0.3 is 4.43 Å². The highest BCUT2D eigenvalue weighted by molar-refractivity contribution is 6.74. The zero-order valence-electron chi connectivity index (χ0n) is 13.6. The molecule has 2 nitrogen and oxygen atoms in total. The van der Waals surface area contributed by atoms with E-state index in [9.17, 15) is 4.79 Å². The smallest absolute Gasteiger partial charge is 0.250 e. The van der Waals surface area contributed by atoms with Gasteiger partial charge in [-0.05, 0) is 35.8 Å². The van der Waals surface area contributed by atoms with E-state index in [1.165, 1.54) is 0 Å². The molecule has 0 heterocycles. The molecule has 112 valence electrons. The van der Waals surface area contributed by atoms with Crippen LogP contribution in [-0.4, -0.2) is 14.1 Å². The third-order valence-corrected chi connectivity index (χ3v) is 8.66. The van der Waals surface area contributed by atoms with Crippen LogP contribution in [-0.2, 0) is 9.22 Å². The Labute approximate surface area is 128 Å². The molecule has 3 heteroatoms. The van der Waals surface area contributed by atoms with Gasteiger partial charge in [0.25, 0.3) is 0 Å². The minimum atomic E-state index is -1.92. The van der Waals surface area contributed by atoms with Crippen LogP contribution in [0.4, 0.5) is 0 Å². The van der Waals surface area contributed by atoms with Crippen LogP contribution in [0.3, 0.4) is 0 Å². The third-order valence-electron chi connectivity index (χ3n) is 4.32. The van der Waals surface area contributed by atoms with Gasteiger partial charge in [-0.3, -0.25) is 4.79 Å². The number of ketones is 1. The number of carbonyl (C=O) groups excluding carboxylic acids is 1. The van der Waals surface area contributed by atoms with Gasteiger partial charge in [0.2, 0.25) is 8.32 Å². The summed E-state index contributed by atoms with van der Waals surface area (Å²) in [5.74, 6) is 0.919. The van der Waals surface area contributed by atoms with Crippen molar-refractivity contribution in [3.63, 3.8) is 0 Å². The Hall–Kier alpha value is -1.61. The molecule has 1 aromatic carbocycles. The fraction of sp³-hybridized carbons (Fsp3) is 0.389. The first kappa shape index (κ1) is 15.8. The van der Waals surface area contributed by atoms with Gasteiger partial charge in [0.05, 0.1) is 5.57 Å². The van der Waals surface area contributed by atoms with Gasteiger partial charge in [0.15, 0.2) is 5.78 Å². The summed E-state index contributed by atoms with van der Waals surface area (Å²) in [5, 5.41) is 0.122. The van der Waals surface area contributed by atoms with Crippen molar-refractivity contribution < 1.29 is 9.22 Å². The van der Waals surface area contributed by atoms with Gasteiger partial charge in [0.1, 0.15) is 5.76 Å². The molecule has 1 aliphatic carbocycles. The lowest BCUT2D eigenvalue weighted by Crippen LogP contribution is -2.40. The molecule has 0 amide bonds. The Kier molecular flexibility index (Phi) is 4.24. The molecule has 0 aromatic heterocycles. The zero-order chi connectivity index (χ0) is 15.7. The van der Waals surface area contributed by atoms with Crippen LogP contribution < -0.4 is 0 Å². The summed E-state index contributed by atoms with van der Waals surface area (Å²) < 4.78 is 6.33. The van der Waals surface area contributed by atoms with Crippen LogP contribution in [0.2, 0.25) is 18.1 Å². The highest BCUT2D eigenvalue weighted by Gasteiger charge is 2.40. The summed E-state index contributed by atoms with van der Waals surface area (Å²) >= 11 is 0. The molecule has 2 rings (SSSR count). The number of Topliss-reactive ketones (excluding diaryl/α,β-unsaturated/α-hetero) is 1. The van der Waals surface area contributed by atoms with Crippen molar-refractivity contribution in [3.8, 4) is 0 Å². The van der Waals surface area contributed by atoms with E-state index >= 15 is 0 Å². The van der Waals surface area contributed by atoms with Crippen molar-refractivity contribution >= 4 is 20.2 Å². The molecule has 0 unspecified atom stereocenters. The summed E-state index contributed by atoms with van der Waals surface area (Å²) in [6, 6.07) is 9.93. The quantitative estimate of drug-likeness (QED) is 0.583. The standard InChI is InChI=1S/C18H24O2Si/c1-18(2,3)21(4,5)20-17-12-11-16(19)15(17)13-14-9-7-6-8-10-14/h6-10,12-13H,11H2,1-5H3. The van der Waals surface area contributed by atoms with Crippen molar-refractivity contribution in [3.05, 3.63) is 53.3 Å². The van der Waals surface area contributed by atoms with Gasteiger partial charge in [-0.1, -0.05) is 51.1 Å². The number of benzene rings is 1. The summed E-state index contributed by atoms with van der Waals surface area (Å²) in [6.45, 7) is 11.0. The highest BCUT2D eigenvalue weighted by Crippen LogP contribution is 2.40. The molecule has 0 aliphatic heterocycles. The van der Waals surface area contributed by atoms with Crippen LogP contribution in [0.1, 0.15) is 32.8 Å². The molecule has 21 heavy (non-hydrogen) atoms. The van der Waals surface area contributed by atoms with Crippen LogP contribution in [0, 0.1) is 0 Å². The maximum atomic E-state index is 12.1. The maximum Gasteiger partial charge on any atom is 0.250 e. The first-order chi connectivity index (χ1) is 9.71. The molecule has 0 N–H and O–H groups in total. The molecule has 0 radical (unpaired) electrons. The topological polar surface area (TPSA) is 26.3 Å². The molecule has 1 aliphatic rings. The number of allylic oxidation sites excluding steroid dienone is 2. The Morgan fingerprint density at radius 2 is 1.76 bits per heavy atom. The first-order valence-electron chi connectivity index (χ1n) is 7.40. The van der Waals surface area contributed by atoms with E-state index in [1.54, 1.807) is 0 Å². The molecule has 0 saturated carbocycles. The second-order valence-corrected chi connectivity index (χ2v) is 11.8. The molecule has 0 spiro atoms. The molecule has 0 atom stereocenters. The van der Waals surface area contributed by atoms with Crippen LogP contribution in [0.25, 0.3) is 6.08 Å². The second kappa shape index (κ2) is 5.64. The van der Waals surface area contributed by atoms with Crippen molar-refractivity contribution in [1.29, 1.82) is 0 Å². The van der Waals surface area contributed by atoms with E-state index < -0.39 is 8.32 Å². The van der Waals surface area contributed by atoms with Crippen LogP contribution in [0.15, 0.2) is 47.7 Å². The van der Waals surface area contributed by atoms with E-state index in [0.29, 0.717) is 12.0 Å². The van der Waals surface area contributed by atoms with E-state index in [2.05, 4.69) is 33.9 Å². The van der Waals surface area contributed by atoms with Gasteiger partial charge in [-0.2, -0.15) is 0 Å². The number of rotatable bonds is 3. The van der Waals surface area contributed by atoms with Gasteiger partial charge in [0, 0.05) is 6.42 Å². The summed E-state index contributed by atoms with van der Waals surface area (Å²) in [5.41, 5.74) is 1.75. The van der Waals surface area contributed by atoms with Gasteiger partial charge in [-0.15, -0.1) is 0 Å². The van der Waals surface area contributed by atoms with Crippen LogP contribution in [0.5, 0.6) is 0 Å². The summed E-state index contributed by atoms with van der Waals surface area (Å²) in [6.07, 6.45) is 4.31. The Morgan fingerprint density at radius 1 is 1.14 bits per heavy atom. The van der Waals surface area contributed by atoms with Crippen molar-refractivity contribution in [2.75, 3.05) is 0 Å². The van der Waals surface area contributed by atoms with E-state index in [0.717, 1.165) is 11.3 Å². The Bertz CT molecular complexity index is 589. The summed E-state index contributed by atoms with van der Waals surface area (Å²) in [4.78, 5) is 12.1. The van der Waals surface area contributed by atoms with Crippen LogP contribution >= 0.6 is 0 Å². The molecule has 0 bridgehead atoms. The molecule has 0 saturated heterocycles. The molecule has 0 fully saturated rings. The molecule has 1 aromatic rings. The zero-order valence-corrected chi connectivity index (χ0v) is 14.6. The lowest BCUT2D eigenvalue weighted by Gasteiger charge is -2.37. The first-order valence-corrected chi connectivity index (χ1v) is 10.3. The average Bonchev–Trinajstić information content (AvgIpc) is 2.71. The second-order valence-electron chi connectivity index (χ2n) is 7.03. The van der Waals surface area contributed by atoms with Gasteiger partial charge >= 0.3 is 0 Å². The van der Waals surface area contributed by atoms with Crippen molar-refractivity contribution in [2.24, 2.45) is 0 Å². The molecular weight excluding hydrogens is 276 g/mol. The monoisotopic (exact) mass is 300 g/mol. The molecular formula is C18H24O2Si. The third kappa shape index (κ3) is 3.53. The number of hydrogen-bond donors (Lipinski definition) is 0. The largest absolute Gasteiger partial charge is 0.543 e. The highest BCUT2D eigenvalue weighted by atomic mass is 28.4. The number of hydrogen-bond acceptors (Lipinski definition) is 2. The average molecular weight is 300 g/mol. The summed E-state index contributed by atoms with van der Waals surface area (Å²) in [7, 11) is -1.92. The van der Waals surface area contributed by atoms with E-state index in [-0.39, 0.29) is 10.8 Å². The Balaban J connectivity index is 2.28. The predicted molar refractivity (Wildman–Crippen MR) is 90.4 cm³/mol. The lowest BCUT2D eigenvalue weighted by atomic mass is 10.1. The van der Waals surface area contributed by atoms with Gasteiger partial charge in [-0.25, -0.2) is 0 Å². The normalized spacial score (nSPS) is 18.0. The van der Waals surface area contributed by atoms with Crippen molar-refractivity contribution in [2.45, 2.75) is 45.3 Å². The fourth-order valence-corrected chi connectivity index (χ4v) is 2.98. The van der Waals surface area contributed by atoms with E-state index in [1.807, 2.05) is 42.5 Å². The minimum absolute atomic E-state index is 0.122. The SMILES string of the molecule is CC(C)(C)[Si](C)(C)OC1=CCC(=O)C1=Cc1ccccc1. The predicted octanol–water partition coefficient (Wildman–Crippen LogP) is 4.95. The lowest BCUT2D eigenvalue weighted by molar-refractivity contribution is -0.114.